The fourth-order valence-corrected chi connectivity index (χ4v) is 6.26. The molecule has 2 aliphatic rings. The molecule has 2 aromatic carbocycles. The van der Waals surface area contributed by atoms with Crippen molar-refractivity contribution in [3.05, 3.63) is 76.2 Å². The van der Waals surface area contributed by atoms with E-state index < -0.39 is 17.9 Å². The van der Waals surface area contributed by atoms with Crippen LogP contribution in [0.2, 0.25) is 0 Å². The summed E-state index contributed by atoms with van der Waals surface area (Å²) < 4.78 is 13.8. The van der Waals surface area contributed by atoms with Crippen molar-refractivity contribution in [3.63, 3.8) is 0 Å². The minimum atomic E-state index is -0.728. The highest BCUT2D eigenvalue weighted by molar-refractivity contribution is 7.13. The van der Waals surface area contributed by atoms with Crippen LogP contribution in [-0.2, 0) is 22.7 Å². The third kappa shape index (κ3) is 4.95. The number of hydrogen-bond acceptors (Lipinski definition) is 5. The van der Waals surface area contributed by atoms with E-state index in [0.717, 1.165) is 28.1 Å². The van der Waals surface area contributed by atoms with Gasteiger partial charge in [-0.1, -0.05) is 38.1 Å². The molecular formula is C29H31FN4O3S. The van der Waals surface area contributed by atoms with Crippen LogP contribution in [0.3, 0.4) is 0 Å². The second-order valence-electron chi connectivity index (χ2n) is 10.3. The summed E-state index contributed by atoms with van der Waals surface area (Å²) >= 11 is 1.60. The molecule has 1 aromatic heterocycles. The number of benzene rings is 2. The largest absolute Gasteiger partial charge is 0.350 e. The lowest BCUT2D eigenvalue weighted by molar-refractivity contribution is -0.143. The molecule has 1 fully saturated rings. The maximum Gasteiger partial charge on any atom is 0.255 e. The van der Waals surface area contributed by atoms with Crippen molar-refractivity contribution in [2.24, 2.45) is 5.92 Å². The summed E-state index contributed by atoms with van der Waals surface area (Å²) in [4.78, 5) is 48.7. The number of carbonyl (C=O) groups excluding carboxylic acids is 3. The second-order valence-corrected chi connectivity index (χ2v) is 11.1. The highest BCUT2D eigenvalue weighted by Gasteiger charge is 2.43. The van der Waals surface area contributed by atoms with Crippen molar-refractivity contribution in [1.29, 1.82) is 0 Å². The third-order valence-electron chi connectivity index (χ3n) is 7.39. The van der Waals surface area contributed by atoms with Gasteiger partial charge in [-0.25, -0.2) is 9.37 Å². The van der Waals surface area contributed by atoms with Gasteiger partial charge >= 0.3 is 0 Å². The summed E-state index contributed by atoms with van der Waals surface area (Å²) in [7, 11) is 0. The molecule has 198 valence electrons. The lowest BCUT2D eigenvalue weighted by Gasteiger charge is -2.35. The summed E-state index contributed by atoms with van der Waals surface area (Å²) in [6.45, 7) is 6.77. The number of fused-ring (bicyclic) bond motifs is 1. The quantitative estimate of drug-likeness (QED) is 0.482. The summed E-state index contributed by atoms with van der Waals surface area (Å²) in [5.74, 6) is -1.28. The first-order valence-electron chi connectivity index (χ1n) is 12.9. The zero-order valence-electron chi connectivity index (χ0n) is 21.7. The van der Waals surface area contributed by atoms with Crippen molar-refractivity contribution < 1.29 is 18.8 Å². The number of aromatic nitrogens is 1. The number of thiazole rings is 1. The zero-order valence-corrected chi connectivity index (χ0v) is 22.6. The Morgan fingerprint density at radius 2 is 1.95 bits per heavy atom. The summed E-state index contributed by atoms with van der Waals surface area (Å²) in [5, 5.41) is 2.99. The summed E-state index contributed by atoms with van der Waals surface area (Å²) in [5.41, 5.74) is 5.89. The van der Waals surface area contributed by atoms with Gasteiger partial charge in [-0.2, -0.15) is 0 Å². The number of rotatable bonds is 7. The van der Waals surface area contributed by atoms with E-state index in [4.69, 9.17) is 0 Å². The highest BCUT2D eigenvalue weighted by Crippen LogP contribution is 2.31. The maximum absolute atomic E-state index is 13.8. The van der Waals surface area contributed by atoms with Crippen LogP contribution >= 0.6 is 11.3 Å². The van der Waals surface area contributed by atoms with E-state index in [2.05, 4.69) is 10.3 Å². The van der Waals surface area contributed by atoms with Gasteiger partial charge in [-0.05, 0) is 60.6 Å². The average Bonchev–Trinajstić information content (AvgIpc) is 3.62. The number of amides is 3. The Hall–Kier alpha value is -3.59. The Morgan fingerprint density at radius 1 is 1.18 bits per heavy atom. The van der Waals surface area contributed by atoms with Gasteiger partial charge in [0.05, 0.1) is 16.1 Å². The van der Waals surface area contributed by atoms with Crippen molar-refractivity contribution in [3.8, 4) is 10.4 Å². The molecule has 2 aliphatic heterocycles. The molecule has 3 heterocycles. The normalized spacial score (nSPS) is 17.7. The molecule has 1 N–H and O–H groups in total. The standard InChI is InChI=1S/C29H31FN4O3S/c1-17(2)25(34-15-21-13-22(30)10-11-23(21)28(34)36)29(37)33-12-4-5-24(33)27(35)31-14-19-6-8-20(9-7-19)26-18(3)32-16-38-26/h6-11,13,16-17,24-25H,4-5,12,14-15H2,1-3H3,(H,31,35). The summed E-state index contributed by atoms with van der Waals surface area (Å²) in [6.07, 6.45) is 1.29. The van der Waals surface area contributed by atoms with Gasteiger partial charge in [0.2, 0.25) is 11.8 Å². The minimum Gasteiger partial charge on any atom is -0.350 e. The molecule has 0 aliphatic carbocycles. The monoisotopic (exact) mass is 534 g/mol. The van der Waals surface area contributed by atoms with Crippen LogP contribution in [0.1, 0.15) is 53.9 Å². The molecule has 3 amide bonds. The SMILES string of the molecule is Cc1ncsc1-c1ccc(CNC(=O)C2CCCN2C(=O)C(C(C)C)N2Cc3cc(F)ccc3C2=O)cc1. The predicted octanol–water partition coefficient (Wildman–Crippen LogP) is 4.55. The topological polar surface area (TPSA) is 82.6 Å². The highest BCUT2D eigenvalue weighted by atomic mass is 32.1. The van der Waals surface area contributed by atoms with Gasteiger partial charge in [-0.3, -0.25) is 14.4 Å². The number of nitrogens with one attached hydrogen (secondary N) is 1. The minimum absolute atomic E-state index is 0.171. The van der Waals surface area contributed by atoms with E-state index in [1.807, 2.05) is 50.5 Å². The number of aryl methyl sites for hydroxylation is 1. The van der Waals surface area contributed by atoms with E-state index in [1.165, 1.54) is 23.1 Å². The fourth-order valence-electron chi connectivity index (χ4n) is 5.45. The van der Waals surface area contributed by atoms with E-state index in [1.54, 1.807) is 16.2 Å². The van der Waals surface area contributed by atoms with Crippen molar-refractivity contribution >= 4 is 29.1 Å². The fraction of sp³-hybridized carbons (Fsp3) is 0.379. The number of halogens is 1. The van der Waals surface area contributed by atoms with Crippen LogP contribution in [-0.4, -0.2) is 51.1 Å². The smallest absolute Gasteiger partial charge is 0.255 e. The van der Waals surface area contributed by atoms with Crippen LogP contribution in [0.4, 0.5) is 4.39 Å². The molecule has 7 nitrogen and oxygen atoms in total. The molecule has 9 heteroatoms. The average molecular weight is 535 g/mol. The first-order valence-corrected chi connectivity index (χ1v) is 13.8. The van der Waals surface area contributed by atoms with Crippen LogP contribution in [0.15, 0.2) is 48.0 Å². The number of nitrogens with zero attached hydrogens (tertiary/aromatic N) is 3. The molecule has 0 bridgehead atoms. The molecule has 2 unspecified atom stereocenters. The second kappa shape index (κ2) is 10.6. The van der Waals surface area contributed by atoms with E-state index >= 15 is 0 Å². The Morgan fingerprint density at radius 3 is 2.63 bits per heavy atom. The molecule has 0 saturated carbocycles. The molecule has 5 rings (SSSR count). The third-order valence-corrected chi connectivity index (χ3v) is 8.36. The van der Waals surface area contributed by atoms with Crippen LogP contribution in [0, 0.1) is 18.7 Å². The molecule has 0 spiro atoms. The van der Waals surface area contributed by atoms with Crippen LogP contribution < -0.4 is 5.32 Å². The van der Waals surface area contributed by atoms with E-state index in [9.17, 15) is 18.8 Å². The predicted molar refractivity (Wildman–Crippen MR) is 144 cm³/mol. The number of carbonyl (C=O) groups is 3. The maximum atomic E-state index is 13.8. The first kappa shape index (κ1) is 26.0. The number of hydrogen-bond donors (Lipinski definition) is 1. The molecule has 0 radical (unpaired) electrons. The van der Waals surface area contributed by atoms with Gasteiger partial charge in [0.1, 0.15) is 17.9 Å². The summed E-state index contributed by atoms with van der Waals surface area (Å²) in [6, 6.07) is 10.8. The molecular weight excluding hydrogens is 503 g/mol. The van der Waals surface area contributed by atoms with Crippen molar-refractivity contribution in [1.82, 2.24) is 20.1 Å². The number of likely N-dealkylation sites (tertiary alicyclic amines) is 1. The molecule has 2 atom stereocenters. The zero-order chi connectivity index (χ0) is 27.0. The van der Waals surface area contributed by atoms with Gasteiger partial charge < -0.3 is 15.1 Å². The van der Waals surface area contributed by atoms with Crippen LogP contribution in [0.5, 0.6) is 0 Å². The van der Waals surface area contributed by atoms with Crippen molar-refractivity contribution in [2.45, 2.75) is 58.8 Å². The molecule has 1 saturated heterocycles. The Kier molecular flexibility index (Phi) is 7.29. The Balaban J connectivity index is 1.25. The van der Waals surface area contributed by atoms with Crippen LogP contribution in [0.25, 0.3) is 10.4 Å². The van der Waals surface area contributed by atoms with Gasteiger partial charge in [0.15, 0.2) is 0 Å². The van der Waals surface area contributed by atoms with Gasteiger partial charge in [0, 0.05) is 25.2 Å². The van der Waals surface area contributed by atoms with Gasteiger partial charge in [0.25, 0.3) is 5.91 Å². The molecule has 3 aromatic rings. The van der Waals surface area contributed by atoms with E-state index in [0.29, 0.717) is 30.6 Å². The lowest BCUT2D eigenvalue weighted by Crippen LogP contribution is -2.55. The first-order chi connectivity index (χ1) is 18.2. The lowest BCUT2D eigenvalue weighted by atomic mass is 10.0. The van der Waals surface area contributed by atoms with Gasteiger partial charge in [-0.15, -0.1) is 11.3 Å². The molecule has 38 heavy (non-hydrogen) atoms. The van der Waals surface area contributed by atoms with Crippen molar-refractivity contribution in [2.75, 3.05) is 6.54 Å². The Labute approximate surface area is 225 Å². The Bertz CT molecular complexity index is 1370. The van der Waals surface area contributed by atoms with E-state index in [-0.39, 0.29) is 30.2 Å².